The summed E-state index contributed by atoms with van der Waals surface area (Å²) < 4.78 is 31.9. The normalized spacial score (nSPS) is 21.3. The molecule has 0 bridgehead atoms. The highest BCUT2D eigenvalue weighted by atomic mass is 32.2. The van der Waals surface area contributed by atoms with E-state index in [2.05, 4.69) is 15.4 Å². The van der Waals surface area contributed by atoms with Crippen LogP contribution in [0.25, 0.3) is 0 Å². The quantitative estimate of drug-likeness (QED) is 0.758. The SMILES string of the molecule is COC(=O)Nc1ccc(S(=O)(=O)N2CCC[C@H](C(=O)NC3CCCCC3)C2)cc1. The topological polar surface area (TPSA) is 105 Å². The zero-order chi connectivity index (χ0) is 20.9. The fourth-order valence-electron chi connectivity index (χ4n) is 3.97. The third-order valence-corrected chi connectivity index (χ3v) is 7.51. The summed E-state index contributed by atoms with van der Waals surface area (Å²) in [4.78, 5) is 24.1. The van der Waals surface area contributed by atoms with Crippen molar-refractivity contribution in [3.05, 3.63) is 24.3 Å². The Kier molecular flexibility index (Phi) is 7.13. The molecule has 0 spiro atoms. The first-order valence-electron chi connectivity index (χ1n) is 10.2. The van der Waals surface area contributed by atoms with E-state index in [4.69, 9.17) is 0 Å². The number of nitrogens with one attached hydrogen (secondary N) is 2. The first-order valence-corrected chi connectivity index (χ1v) is 11.6. The Morgan fingerprint density at radius 2 is 1.72 bits per heavy atom. The lowest BCUT2D eigenvalue weighted by Crippen LogP contribution is -2.47. The molecule has 0 unspecified atom stereocenters. The molecule has 0 radical (unpaired) electrons. The van der Waals surface area contributed by atoms with Crippen LogP contribution < -0.4 is 10.6 Å². The lowest BCUT2D eigenvalue weighted by molar-refractivity contribution is -0.127. The Morgan fingerprint density at radius 3 is 2.38 bits per heavy atom. The van der Waals surface area contributed by atoms with Gasteiger partial charge < -0.3 is 10.1 Å². The summed E-state index contributed by atoms with van der Waals surface area (Å²) in [6, 6.07) is 6.15. The molecule has 2 N–H and O–H groups in total. The number of piperidine rings is 1. The van der Waals surface area contributed by atoms with Crippen molar-refractivity contribution in [3.8, 4) is 0 Å². The van der Waals surface area contributed by atoms with Gasteiger partial charge in [-0.25, -0.2) is 13.2 Å². The second-order valence-electron chi connectivity index (χ2n) is 7.69. The number of carbonyl (C=O) groups excluding carboxylic acids is 2. The number of hydrogen-bond acceptors (Lipinski definition) is 5. The van der Waals surface area contributed by atoms with Crippen molar-refractivity contribution in [1.29, 1.82) is 0 Å². The zero-order valence-electron chi connectivity index (χ0n) is 16.7. The molecule has 1 aliphatic heterocycles. The van der Waals surface area contributed by atoms with E-state index in [0.29, 0.717) is 25.1 Å². The second-order valence-corrected chi connectivity index (χ2v) is 9.62. The van der Waals surface area contributed by atoms with Crippen molar-refractivity contribution < 1.29 is 22.7 Å². The van der Waals surface area contributed by atoms with E-state index in [1.54, 1.807) is 0 Å². The lowest BCUT2D eigenvalue weighted by Gasteiger charge is -2.32. The van der Waals surface area contributed by atoms with Crippen LogP contribution in [0.3, 0.4) is 0 Å². The zero-order valence-corrected chi connectivity index (χ0v) is 17.5. The van der Waals surface area contributed by atoms with E-state index in [1.165, 1.54) is 42.1 Å². The fourth-order valence-corrected chi connectivity index (χ4v) is 5.49. The van der Waals surface area contributed by atoms with Gasteiger partial charge in [-0.15, -0.1) is 0 Å². The smallest absolute Gasteiger partial charge is 0.411 e. The molecule has 3 rings (SSSR count). The Hall–Kier alpha value is -2.13. The van der Waals surface area contributed by atoms with Crippen molar-refractivity contribution in [2.75, 3.05) is 25.5 Å². The van der Waals surface area contributed by atoms with Crippen LogP contribution in [-0.2, 0) is 19.6 Å². The number of sulfonamides is 1. The third-order valence-electron chi connectivity index (χ3n) is 5.63. The molecule has 160 valence electrons. The number of ether oxygens (including phenoxy) is 1. The molecule has 1 saturated heterocycles. The van der Waals surface area contributed by atoms with Crippen LogP contribution in [0.5, 0.6) is 0 Å². The minimum atomic E-state index is -3.70. The van der Waals surface area contributed by atoms with E-state index in [1.807, 2.05) is 0 Å². The highest BCUT2D eigenvalue weighted by Crippen LogP contribution is 2.26. The third kappa shape index (κ3) is 5.48. The van der Waals surface area contributed by atoms with Crippen molar-refractivity contribution in [1.82, 2.24) is 9.62 Å². The molecule has 9 heteroatoms. The Balaban J connectivity index is 1.63. The van der Waals surface area contributed by atoms with Crippen molar-refractivity contribution in [3.63, 3.8) is 0 Å². The summed E-state index contributed by atoms with van der Waals surface area (Å²) >= 11 is 0. The first kappa shape index (κ1) is 21.6. The van der Waals surface area contributed by atoms with E-state index in [0.717, 1.165) is 25.7 Å². The summed E-state index contributed by atoms with van der Waals surface area (Å²) in [5, 5.41) is 5.61. The van der Waals surface area contributed by atoms with Gasteiger partial charge in [0.25, 0.3) is 0 Å². The second kappa shape index (κ2) is 9.58. The van der Waals surface area contributed by atoms with Crippen molar-refractivity contribution in [2.45, 2.75) is 55.9 Å². The van der Waals surface area contributed by atoms with Crippen molar-refractivity contribution in [2.24, 2.45) is 5.92 Å². The molecular formula is C20H29N3O5S. The molecule has 2 amide bonds. The average Bonchev–Trinajstić information content (AvgIpc) is 2.75. The largest absolute Gasteiger partial charge is 0.453 e. The van der Waals surface area contributed by atoms with Gasteiger partial charge in [-0.2, -0.15) is 4.31 Å². The molecule has 2 fully saturated rings. The molecule has 29 heavy (non-hydrogen) atoms. The summed E-state index contributed by atoms with van der Waals surface area (Å²) in [5.74, 6) is -0.352. The highest BCUT2D eigenvalue weighted by molar-refractivity contribution is 7.89. The summed E-state index contributed by atoms with van der Waals surface area (Å²) in [5.41, 5.74) is 0.444. The molecule has 1 aromatic rings. The fraction of sp³-hybridized carbons (Fsp3) is 0.600. The predicted octanol–water partition coefficient (Wildman–Crippen LogP) is 2.71. The van der Waals surface area contributed by atoms with Crippen LogP contribution >= 0.6 is 0 Å². The van der Waals surface area contributed by atoms with Crippen molar-refractivity contribution >= 4 is 27.7 Å². The molecule has 8 nitrogen and oxygen atoms in total. The summed E-state index contributed by atoms with van der Waals surface area (Å²) in [6.07, 6.45) is 6.24. The molecule has 1 aliphatic carbocycles. The summed E-state index contributed by atoms with van der Waals surface area (Å²) in [6.45, 7) is 0.598. The molecule has 0 aromatic heterocycles. The van der Waals surface area contributed by atoms with Gasteiger partial charge >= 0.3 is 6.09 Å². The number of carbonyl (C=O) groups is 2. The van der Waals surface area contributed by atoms with E-state index in [9.17, 15) is 18.0 Å². The Morgan fingerprint density at radius 1 is 1.03 bits per heavy atom. The van der Waals surface area contributed by atoms with E-state index < -0.39 is 16.1 Å². The van der Waals surface area contributed by atoms with Gasteiger partial charge in [0.1, 0.15) is 0 Å². The van der Waals surface area contributed by atoms with E-state index in [-0.39, 0.29) is 29.3 Å². The number of hydrogen-bond donors (Lipinski definition) is 2. The molecule has 2 aliphatic rings. The van der Waals surface area contributed by atoms with Crippen LogP contribution in [0.1, 0.15) is 44.9 Å². The average molecular weight is 424 g/mol. The van der Waals surface area contributed by atoms with Gasteiger partial charge in [0.2, 0.25) is 15.9 Å². The number of methoxy groups -OCH3 is 1. The van der Waals surface area contributed by atoms with Crippen LogP contribution in [0, 0.1) is 5.92 Å². The lowest BCUT2D eigenvalue weighted by atomic mass is 9.93. The molecule has 1 heterocycles. The van der Waals surface area contributed by atoms with Gasteiger partial charge in [-0.1, -0.05) is 19.3 Å². The van der Waals surface area contributed by atoms with Crippen LogP contribution in [0.15, 0.2) is 29.2 Å². The van der Waals surface area contributed by atoms with Crippen LogP contribution in [-0.4, -0.2) is 51.0 Å². The highest BCUT2D eigenvalue weighted by Gasteiger charge is 2.34. The van der Waals surface area contributed by atoms with Gasteiger partial charge in [-0.05, 0) is 49.9 Å². The Labute approximate surface area is 172 Å². The molecular weight excluding hydrogens is 394 g/mol. The Bertz CT molecular complexity index is 819. The van der Waals surface area contributed by atoms with Crippen LogP contribution in [0.2, 0.25) is 0 Å². The van der Waals surface area contributed by atoms with Gasteiger partial charge in [0, 0.05) is 24.8 Å². The standard InChI is InChI=1S/C20H29N3O5S/c1-28-20(25)22-17-9-11-18(12-10-17)29(26,27)23-13-5-6-15(14-23)19(24)21-16-7-3-2-4-8-16/h9-12,15-16H,2-8,13-14H2,1H3,(H,21,24)(H,22,25)/t15-/m0/s1. The first-order chi connectivity index (χ1) is 13.9. The molecule has 1 atom stereocenters. The number of benzene rings is 1. The van der Waals surface area contributed by atoms with Gasteiger partial charge in [-0.3, -0.25) is 10.1 Å². The van der Waals surface area contributed by atoms with Gasteiger partial charge in [0.05, 0.1) is 17.9 Å². The van der Waals surface area contributed by atoms with E-state index >= 15 is 0 Å². The maximum atomic E-state index is 13.0. The monoisotopic (exact) mass is 423 g/mol. The molecule has 1 saturated carbocycles. The summed E-state index contributed by atoms with van der Waals surface area (Å²) in [7, 11) is -2.45. The predicted molar refractivity (Wildman–Crippen MR) is 109 cm³/mol. The maximum absolute atomic E-state index is 13.0. The van der Waals surface area contributed by atoms with Gasteiger partial charge in [0.15, 0.2) is 0 Å². The minimum absolute atomic E-state index is 0.0329. The molecule has 1 aromatic carbocycles. The van der Waals surface area contributed by atoms with Crippen LogP contribution in [0.4, 0.5) is 10.5 Å². The number of rotatable bonds is 5. The number of anilines is 1. The maximum Gasteiger partial charge on any atom is 0.411 e. The number of nitrogens with zero attached hydrogens (tertiary/aromatic N) is 1. The minimum Gasteiger partial charge on any atom is -0.453 e. The number of amides is 2.